The van der Waals surface area contributed by atoms with Gasteiger partial charge in [0.25, 0.3) is 0 Å². The van der Waals surface area contributed by atoms with Crippen molar-refractivity contribution in [2.45, 2.75) is 29.3 Å². The first-order valence-corrected chi connectivity index (χ1v) is 11.0. The molecule has 4 atom stereocenters. The van der Waals surface area contributed by atoms with Crippen LogP contribution < -0.4 is 0 Å². The Labute approximate surface area is 103 Å². The summed E-state index contributed by atoms with van der Waals surface area (Å²) in [6.45, 7) is 1.52. The molecular formula is C11H16HgO3. The van der Waals surface area contributed by atoms with E-state index in [2.05, 4.69) is 12.2 Å². The zero-order valence-corrected chi connectivity index (χ0v) is 14.8. The van der Waals surface area contributed by atoms with E-state index in [0.29, 0.717) is 17.9 Å². The minimum atomic E-state index is -1.45. The predicted octanol–water partition coefficient (Wildman–Crippen LogP) is 1.95. The van der Waals surface area contributed by atoms with Gasteiger partial charge in [-0.15, -0.1) is 0 Å². The summed E-state index contributed by atoms with van der Waals surface area (Å²) in [6, 6.07) is 0. The molecule has 0 N–H and O–H groups in total. The zero-order valence-electron chi connectivity index (χ0n) is 9.31. The van der Waals surface area contributed by atoms with Crippen LogP contribution in [0.1, 0.15) is 19.8 Å². The van der Waals surface area contributed by atoms with Crippen molar-refractivity contribution in [2.24, 2.45) is 11.8 Å². The van der Waals surface area contributed by atoms with E-state index in [4.69, 9.17) is 7.38 Å². The van der Waals surface area contributed by atoms with Crippen LogP contribution in [-0.4, -0.2) is 19.2 Å². The average molecular weight is 397 g/mol. The van der Waals surface area contributed by atoms with Crippen LogP contribution in [0.2, 0.25) is 3.43 Å². The van der Waals surface area contributed by atoms with Crippen molar-refractivity contribution >= 4 is 5.97 Å². The molecule has 2 bridgehead atoms. The van der Waals surface area contributed by atoms with E-state index < -0.39 is 25.0 Å². The maximum atomic E-state index is 10.8. The number of hydrogen-bond donors (Lipinski definition) is 0. The van der Waals surface area contributed by atoms with E-state index in [-0.39, 0.29) is 5.97 Å². The Morgan fingerprint density at radius 1 is 1.40 bits per heavy atom. The fourth-order valence-electron chi connectivity index (χ4n) is 2.80. The van der Waals surface area contributed by atoms with Gasteiger partial charge in [-0.2, -0.15) is 0 Å². The van der Waals surface area contributed by atoms with E-state index >= 15 is 0 Å². The topological polar surface area (TPSA) is 35.5 Å². The van der Waals surface area contributed by atoms with Gasteiger partial charge >= 0.3 is 104 Å². The number of carbonyl (C=O) groups is 1. The molecule has 2 aliphatic rings. The van der Waals surface area contributed by atoms with Gasteiger partial charge in [0.05, 0.1) is 0 Å². The van der Waals surface area contributed by atoms with Crippen LogP contribution in [0.5, 0.6) is 0 Å². The van der Waals surface area contributed by atoms with Gasteiger partial charge in [-0.1, -0.05) is 0 Å². The first-order valence-electron chi connectivity index (χ1n) is 5.55. The molecule has 4 heteroatoms. The molecule has 0 heterocycles. The fourth-order valence-corrected chi connectivity index (χ4v) is 9.06. The van der Waals surface area contributed by atoms with E-state index in [1.54, 1.807) is 7.11 Å². The summed E-state index contributed by atoms with van der Waals surface area (Å²) in [5.74, 6) is 1.28. The van der Waals surface area contributed by atoms with Gasteiger partial charge in [0, 0.05) is 0 Å². The number of hydrogen-bond acceptors (Lipinski definition) is 3. The predicted molar refractivity (Wildman–Crippen MR) is 51.7 cm³/mol. The summed E-state index contributed by atoms with van der Waals surface area (Å²) in [5, 5.41) is 0. The molecule has 0 aromatic carbocycles. The molecule has 0 aromatic heterocycles. The summed E-state index contributed by atoms with van der Waals surface area (Å²) in [5.41, 5.74) is 0. The second-order valence-electron chi connectivity index (χ2n) is 4.54. The van der Waals surface area contributed by atoms with Gasteiger partial charge in [-0.3, -0.25) is 0 Å². The molecule has 0 amide bonds. The maximum absolute atomic E-state index is 10.8. The molecule has 0 spiro atoms. The van der Waals surface area contributed by atoms with Crippen molar-refractivity contribution in [3.05, 3.63) is 12.2 Å². The quantitative estimate of drug-likeness (QED) is 0.540. The molecule has 0 radical (unpaired) electrons. The summed E-state index contributed by atoms with van der Waals surface area (Å²) >= 11 is -1.45. The molecule has 2 aliphatic carbocycles. The second-order valence-corrected chi connectivity index (χ2v) is 11.0. The molecule has 0 saturated heterocycles. The standard InChI is InChI=1S/C9H13O.C2H4O2.Hg/c1-10-9-5-3-7-2-4-8(9)6-7;1-2(3)4;/h2-3,5,7-9H,4,6H2,1H3;1H3,(H,3,4);/q;;+1/p-1/t7-,8-,9+;;/m0../s1. The SMILES string of the molecule is CO[C@@H]1C=C[C@H]2C[C@@H]1C[C@H]2[Hg][O]C(C)=O. The molecule has 1 saturated carbocycles. The zero-order chi connectivity index (χ0) is 10.8. The van der Waals surface area contributed by atoms with Gasteiger partial charge < -0.3 is 0 Å². The Balaban J connectivity index is 1.92. The molecule has 0 aliphatic heterocycles. The second kappa shape index (κ2) is 4.96. The Bertz CT molecular complexity index is 277. The third-order valence-corrected chi connectivity index (χ3v) is 11.1. The van der Waals surface area contributed by atoms with Crippen LogP contribution >= 0.6 is 0 Å². The van der Waals surface area contributed by atoms with Crippen LogP contribution in [0.4, 0.5) is 0 Å². The minimum absolute atomic E-state index is 0.0783. The van der Waals surface area contributed by atoms with Gasteiger partial charge in [-0.05, 0) is 0 Å². The van der Waals surface area contributed by atoms with Crippen molar-refractivity contribution in [1.82, 2.24) is 0 Å². The Morgan fingerprint density at radius 3 is 2.87 bits per heavy atom. The van der Waals surface area contributed by atoms with E-state index in [1.165, 1.54) is 19.8 Å². The van der Waals surface area contributed by atoms with Crippen LogP contribution in [-0.2, 0) is 37.2 Å². The normalized spacial score (nSPS) is 37.5. The Hall–Kier alpha value is 0.105. The third kappa shape index (κ3) is 2.62. The van der Waals surface area contributed by atoms with Crippen molar-refractivity contribution < 1.29 is 37.2 Å². The first kappa shape index (κ1) is 11.6. The monoisotopic (exact) mass is 398 g/mol. The van der Waals surface area contributed by atoms with Crippen molar-refractivity contribution in [3.63, 3.8) is 0 Å². The number of ether oxygens (including phenoxy) is 1. The Kier molecular flexibility index (Phi) is 3.83. The molecule has 80 valence electrons. The van der Waals surface area contributed by atoms with Gasteiger partial charge in [0.15, 0.2) is 0 Å². The van der Waals surface area contributed by atoms with Crippen molar-refractivity contribution in [1.29, 1.82) is 0 Å². The molecule has 2 rings (SSSR count). The molecule has 0 aromatic rings. The first-order chi connectivity index (χ1) is 7.20. The molecular weight excluding hydrogens is 381 g/mol. The molecule has 1 fully saturated rings. The molecule has 3 nitrogen and oxygen atoms in total. The van der Waals surface area contributed by atoms with Crippen LogP contribution in [0.15, 0.2) is 12.2 Å². The van der Waals surface area contributed by atoms with Crippen molar-refractivity contribution in [2.75, 3.05) is 7.11 Å². The summed E-state index contributed by atoms with van der Waals surface area (Å²) in [6.07, 6.45) is 7.23. The van der Waals surface area contributed by atoms with Gasteiger partial charge in [-0.25, -0.2) is 0 Å². The Morgan fingerprint density at radius 2 is 2.20 bits per heavy atom. The van der Waals surface area contributed by atoms with Crippen LogP contribution in [0, 0.1) is 11.8 Å². The fraction of sp³-hybridized carbons (Fsp3) is 0.727. The van der Waals surface area contributed by atoms with E-state index in [0.717, 1.165) is 3.43 Å². The molecule has 0 unspecified atom stereocenters. The third-order valence-electron chi connectivity index (χ3n) is 3.57. The summed E-state index contributed by atoms with van der Waals surface area (Å²) in [7, 11) is 1.78. The van der Waals surface area contributed by atoms with Gasteiger partial charge in [0.1, 0.15) is 0 Å². The van der Waals surface area contributed by atoms with Crippen molar-refractivity contribution in [3.8, 4) is 0 Å². The van der Waals surface area contributed by atoms with Gasteiger partial charge in [0.2, 0.25) is 0 Å². The van der Waals surface area contributed by atoms with E-state index in [1.807, 2.05) is 0 Å². The van der Waals surface area contributed by atoms with Crippen LogP contribution in [0.25, 0.3) is 0 Å². The van der Waals surface area contributed by atoms with Crippen LogP contribution in [0.3, 0.4) is 0 Å². The summed E-state index contributed by atoms with van der Waals surface area (Å²) < 4.78 is 11.5. The summed E-state index contributed by atoms with van der Waals surface area (Å²) in [4.78, 5) is 10.8. The average Bonchev–Trinajstić information content (AvgIpc) is 2.54. The molecule has 15 heavy (non-hydrogen) atoms. The number of carbonyl (C=O) groups excluding carboxylic acids is 1. The number of rotatable bonds is 3. The van der Waals surface area contributed by atoms with E-state index in [9.17, 15) is 4.79 Å². The number of fused-ring (bicyclic) bond motifs is 2. The number of allylic oxidation sites excluding steroid dienone is 1. The number of methoxy groups -OCH3 is 1.